The molecule has 40 heavy (non-hydrogen) atoms. The predicted octanol–water partition coefficient (Wildman–Crippen LogP) is 6.68. The average molecular weight is 539 g/mol. The van der Waals surface area contributed by atoms with Crippen molar-refractivity contribution in [3.05, 3.63) is 113 Å². The molecule has 2 aliphatic rings. The van der Waals surface area contributed by atoms with Crippen molar-refractivity contribution in [3.8, 4) is 16.9 Å². The lowest BCUT2D eigenvalue weighted by atomic mass is 10.00. The van der Waals surface area contributed by atoms with Crippen LogP contribution in [-0.2, 0) is 6.54 Å². The molecule has 0 radical (unpaired) electrons. The van der Waals surface area contributed by atoms with Crippen molar-refractivity contribution in [1.29, 1.82) is 0 Å². The Morgan fingerprint density at radius 1 is 0.825 bits per heavy atom. The first-order valence-corrected chi connectivity index (χ1v) is 13.7. The third-order valence-electron chi connectivity index (χ3n) is 7.86. The number of rotatable bonds is 7. The molecule has 1 aromatic heterocycles. The van der Waals surface area contributed by atoms with Gasteiger partial charge in [0.05, 0.1) is 18.7 Å². The largest absolute Gasteiger partial charge is 0.497 e. The second-order valence-electron chi connectivity index (χ2n) is 10.4. The summed E-state index contributed by atoms with van der Waals surface area (Å²) in [5, 5.41) is 0. The number of anilines is 1. The molecule has 1 atom stereocenters. The summed E-state index contributed by atoms with van der Waals surface area (Å²) in [5.74, 6) is 0.773. The molecule has 0 saturated carbocycles. The number of methoxy groups -OCH3 is 1. The summed E-state index contributed by atoms with van der Waals surface area (Å²) >= 11 is 0. The Labute approximate surface area is 233 Å². The molecule has 0 aliphatic carbocycles. The van der Waals surface area contributed by atoms with Crippen molar-refractivity contribution in [2.75, 3.05) is 38.2 Å². The van der Waals surface area contributed by atoms with E-state index in [9.17, 15) is 8.78 Å². The van der Waals surface area contributed by atoms with Gasteiger partial charge in [-0.15, -0.1) is 0 Å². The van der Waals surface area contributed by atoms with Crippen molar-refractivity contribution >= 4 is 11.5 Å². The van der Waals surface area contributed by atoms with Crippen LogP contribution in [0.25, 0.3) is 11.1 Å². The molecule has 2 aliphatic heterocycles. The van der Waals surface area contributed by atoms with Gasteiger partial charge >= 0.3 is 0 Å². The molecule has 0 spiro atoms. The van der Waals surface area contributed by atoms with Crippen LogP contribution in [0, 0.1) is 11.6 Å². The average Bonchev–Trinajstić information content (AvgIpc) is 3.48. The molecule has 6 rings (SSSR count). The molecule has 1 fully saturated rings. The van der Waals surface area contributed by atoms with E-state index in [4.69, 9.17) is 9.72 Å². The van der Waals surface area contributed by atoms with Crippen LogP contribution in [0.2, 0.25) is 0 Å². The summed E-state index contributed by atoms with van der Waals surface area (Å²) in [6, 6.07) is 24.6. The maximum Gasteiger partial charge on any atom is 0.135 e. The first kappa shape index (κ1) is 26.1. The minimum Gasteiger partial charge on any atom is -0.497 e. The van der Waals surface area contributed by atoms with E-state index in [1.807, 2.05) is 18.3 Å². The molecule has 1 saturated heterocycles. The van der Waals surface area contributed by atoms with Gasteiger partial charge in [-0.1, -0.05) is 42.5 Å². The monoisotopic (exact) mass is 538 g/mol. The van der Waals surface area contributed by atoms with E-state index in [2.05, 4.69) is 63.3 Å². The quantitative estimate of drug-likeness (QED) is 0.263. The van der Waals surface area contributed by atoms with Crippen LogP contribution in [0.1, 0.15) is 35.6 Å². The first-order valence-electron chi connectivity index (χ1n) is 13.7. The summed E-state index contributed by atoms with van der Waals surface area (Å²) in [5.41, 5.74) is 4.99. The normalized spacial score (nSPS) is 17.6. The van der Waals surface area contributed by atoms with E-state index in [-0.39, 0.29) is 11.6 Å². The number of hydrogen-bond donors (Lipinski definition) is 0. The second-order valence-corrected chi connectivity index (χ2v) is 10.4. The Bertz CT molecular complexity index is 1460. The number of benzene rings is 3. The summed E-state index contributed by atoms with van der Waals surface area (Å²) in [7, 11) is 1.69. The van der Waals surface area contributed by atoms with Crippen LogP contribution in [0.5, 0.6) is 5.75 Å². The Kier molecular flexibility index (Phi) is 7.55. The molecule has 3 aromatic carbocycles. The van der Waals surface area contributed by atoms with Gasteiger partial charge in [-0.2, -0.15) is 0 Å². The summed E-state index contributed by atoms with van der Waals surface area (Å²) < 4.78 is 33.7. The van der Waals surface area contributed by atoms with Crippen LogP contribution < -0.4 is 9.64 Å². The highest BCUT2D eigenvalue weighted by Crippen LogP contribution is 2.33. The van der Waals surface area contributed by atoms with Gasteiger partial charge in [0.2, 0.25) is 0 Å². The summed E-state index contributed by atoms with van der Waals surface area (Å²) in [6.45, 7) is 4.81. The maximum absolute atomic E-state index is 14.2. The van der Waals surface area contributed by atoms with Crippen molar-refractivity contribution in [3.63, 3.8) is 0 Å². The number of pyridine rings is 1. The van der Waals surface area contributed by atoms with Crippen LogP contribution >= 0.6 is 0 Å². The predicted molar refractivity (Wildman–Crippen MR) is 155 cm³/mol. The van der Waals surface area contributed by atoms with Crippen LogP contribution in [0.15, 0.2) is 90.1 Å². The van der Waals surface area contributed by atoms with Gasteiger partial charge in [0, 0.05) is 50.2 Å². The number of aliphatic imine (C=N–C) groups is 1. The van der Waals surface area contributed by atoms with Crippen molar-refractivity contribution in [2.45, 2.75) is 25.4 Å². The zero-order valence-corrected chi connectivity index (χ0v) is 22.6. The van der Waals surface area contributed by atoms with Gasteiger partial charge in [-0.3, -0.25) is 9.89 Å². The second kappa shape index (κ2) is 11.6. The van der Waals surface area contributed by atoms with Gasteiger partial charge < -0.3 is 9.64 Å². The van der Waals surface area contributed by atoms with E-state index in [1.54, 1.807) is 7.11 Å². The van der Waals surface area contributed by atoms with E-state index in [1.165, 1.54) is 23.8 Å². The molecule has 0 N–H and O–H groups in total. The highest BCUT2D eigenvalue weighted by molar-refractivity contribution is 6.02. The molecular weight excluding hydrogens is 506 g/mol. The fourth-order valence-corrected chi connectivity index (χ4v) is 5.56. The Hall–Kier alpha value is -4.10. The minimum atomic E-state index is -0.555. The smallest absolute Gasteiger partial charge is 0.135 e. The molecule has 204 valence electrons. The summed E-state index contributed by atoms with van der Waals surface area (Å²) in [4.78, 5) is 14.2. The number of ether oxygens (including phenoxy) is 1. The van der Waals surface area contributed by atoms with Gasteiger partial charge in [-0.05, 0) is 65.9 Å². The third kappa shape index (κ3) is 5.61. The first-order chi connectivity index (χ1) is 19.6. The zero-order valence-electron chi connectivity index (χ0n) is 22.6. The summed E-state index contributed by atoms with van der Waals surface area (Å²) in [6.07, 6.45) is 3.23. The lowest BCUT2D eigenvalue weighted by Crippen LogP contribution is -2.46. The van der Waals surface area contributed by atoms with E-state index in [0.717, 1.165) is 67.4 Å². The lowest BCUT2D eigenvalue weighted by molar-refractivity contribution is 0.249. The van der Waals surface area contributed by atoms with Crippen LogP contribution in [0.3, 0.4) is 0 Å². The van der Waals surface area contributed by atoms with Crippen molar-refractivity contribution in [2.24, 2.45) is 4.99 Å². The molecule has 7 heteroatoms. The molecule has 5 nitrogen and oxygen atoms in total. The number of piperazine rings is 1. The standard InChI is InChI=1S/C33H32F2N4O/c1-40-27-12-5-23(6-13-27)22-38-17-19-39(20-18-38)32-16-11-26(21-36-32)24-7-9-25(10-8-24)30-14-15-31(37-30)33-28(34)3-2-4-29(33)35/h2-13,16,21,30H,14-15,17-20,22H2,1H3. The Balaban J connectivity index is 1.06. The lowest BCUT2D eigenvalue weighted by Gasteiger charge is -2.35. The number of halogens is 2. The highest BCUT2D eigenvalue weighted by atomic mass is 19.1. The SMILES string of the molecule is COc1ccc(CN2CCN(c3ccc(-c4ccc(C5CCC(c6c(F)cccc6F)=N5)cc4)cn3)CC2)cc1. The Morgan fingerprint density at radius 3 is 2.17 bits per heavy atom. The fraction of sp³-hybridized carbons (Fsp3) is 0.273. The third-order valence-corrected chi connectivity index (χ3v) is 7.86. The molecule has 1 unspecified atom stereocenters. The van der Waals surface area contributed by atoms with Crippen LogP contribution in [-0.4, -0.2) is 48.9 Å². The van der Waals surface area contributed by atoms with Gasteiger partial charge in [0.25, 0.3) is 0 Å². The molecule has 0 amide bonds. The van der Waals surface area contributed by atoms with E-state index >= 15 is 0 Å². The topological polar surface area (TPSA) is 41.0 Å². The van der Waals surface area contributed by atoms with Gasteiger partial charge in [0.15, 0.2) is 0 Å². The van der Waals surface area contributed by atoms with Gasteiger partial charge in [0.1, 0.15) is 23.2 Å². The zero-order chi connectivity index (χ0) is 27.5. The molecule has 4 aromatic rings. The number of aromatic nitrogens is 1. The van der Waals surface area contributed by atoms with Crippen LogP contribution in [0.4, 0.5) is 14.6 Å². The number of nitrogens with zero attached hydrogens (tertiary/aromatic N) is 4. The van der Waals surface area contributed by atoms with E-state index < -0.39 is 11.6 Å². The highest BCUT2D eigenvalue weighted by Gasteiger charge is 2.24. The fourth-order valence-electron chi connectivity index (χ4n) is 5.56. The van der Waals surface area contributed by atoms with Crippen molar-refractivity contribution < 1.29 is 13.5 Å². The molecule has 0 bridgehead atoms. The van der Waals surface area contributed by atoms with E-state index in [0.29, 0.717) is 12.1 Å². The number of hydrogen-bond acceptors (Lipinski definition) is 5. The van der Waals surface area contributed by atoms with Crippen molar-refractivity contribution in [1.82, 2.24) is 9.88 Å². The molecule has 3 heterocycles. The Morgan fingerprint density at radius 2 is 1.52 bits per heavy atom. The maximum atomic E-state index is 14.2. The van der Waals surface area contributed by atoms with Gasteiger partial charge in [-0.25, -0.2) is 13.8 Å². The molecular formula is C33H32F2N4O. The minimum absolute atomic E-state index is 0.00596.